The van der Waals surface area contributed by atoms with Crippen LogP contribution in [0.2, 0.25) is 0 Å². The van der Waals surface area contributed by atoms with Crippen LogP contribution in [0, 0.1) is 5.92 Å². The fourth-order valence-corrected chi connectivity index (χ4v) is 3.36. The minimum Gasteiger partial charge on any atom is -0.325 e. The summed E-state index contributed by atoms with van der Waals surface area (Å²) in [6.07, 6.45) is 1.02. The molecule has 22 heavy (non-hydrogen) atoms. The topological polar surface area (TPSA) is 46.2 Å². The van der Waals surface area contributed by atoms with Gasteiger partial charge in [-0.3, -0.25) is 9.59 Å². The van der Waals surface area contributed by atoms with Crippen molar-refractivity contribution in [2.75, 3.05) is 5.32 Å². The highest BCUT2D eigenvalue weighted by Gasteiger charge is 2.52. The molecule has 112 valence electrons. The zero-order valence-electron chi connectivity index (χ0n) is 12.6. The number of Topliss-reactive ketones (excluding diaryl/α,β-unsaturated/α-hetero) is 1. The molecule has 1 N–H and O–H groups in total. The maximum absolute atomic E-state index is 13.0. The molecule has 2 aromatic carbocycles. The molecule has 1 aliphatic rings. The van der Waals surface area contributed by atoms with Crippen LogP contribution in [0.4, 0.5) is 5.69 Å². The van der Waals surface area contributed by atoms with Gasteiger partial charge in [-0.05, 0) is 24.1 Å². The van der Waals surface area contributed by atoms with Crippen molar-refractivity contribution in [3.8, 4) is 0 Å². The molecule has 0 aromatic heterocycles. The van der Waals surface area contributed by atoms with Crippen LogP contribution < -0.4 is 5.32 Å². The summed E-state index contributed by atoms with van der Waals surface area (Å²) in [6.45, 7) is 1.87. The SMILES string of the molecule is C[C@@H]1C(=O)CC[C@@]1(C(=O)Nc1ccccc1)c1ccccc1. The second kappa shape index (κ2) is 5.76. The van der Waals surface area contributed by atoms with Gasteiger partial charge in [0.15, 0.2) is 0 Å². The van der Waals surface area contributed by atoms with Crippen LogP contribution in [0.5, 0.6) is 0 Å². The predicted molar refractivity (Wildman–Crippen MR) is 86.6 cm³/mol. The predicted octanol–water partition coefficient (Wildman–Crippen LogP) is 3.56. The van der Waals surface area contributed by atoms with Gasteiger partial charge in [-0.2, -0.15) is 0 Å². The molecule has 2 aromatic rings. The molecule has 0 saturated heterocycles. The van der Waals surface area contributed by atoms with E-state index in [4.69, 9.17) is 0 Å². The molecule has 0 bridgehead atoms. The molecule has 0 radical (unpaired) electrons. The number of hydrogen-bond acceptors (Lipinski definition) is 2. The number of amides is 1. The van der Waals surface area contributed by atoms with Gasteiger partial charge in [0.1, 0.15) is 5.78 Å². The van der Waals surface area contributed by atoms with Crippen LogP contribution in [0.1, 0.15) is 25.3 Å². The van der Waals surface area contributed by atoms with Crippen LogP contribution in [-0.4, -0.2) is 11.7 Å². The summed E-state index contributed by atoms with van der Waals surface area (Å²) in [5, 5.41) is 2.98. The summed E-state index contributed by atoms with van der Waals surface area (Å²) in [5.74, 6) is -0.242. The van der Waals surface area contributed by atoms with Gasteiger partial charge in [-0.1, -0.05) is 55.5 Å². The lowest BCUT2D eigenvalue weighted by atomic mass is 9.72. The van der Waals surface area contributed by atoms with Crippen molar-refractivity contribution in [3.05, 3.63) is 66.2 Å². The van der Waals surface area contributed by atoms with Crippen LogP contribution in [-0.2, 0) is 15.0 Å². The van der Waals surface area contributed by atoms with E-state index >= 15 is 0 Å². The highest BCUT2D eigenvalue weighted by Crippen LogP contribution is 2.44. The number of rotatable bonds is 3. The quantitative estimate of drug-likeness (QED) is 0.940. The summed E-state index contributed by atoms with van der Waals surface area (Å²) >= 11 is 0. The Hall–Kier alpha value is -2.42. The molecule has 1 aliphatic carbocycles. The largest absolute Gasteiger partial charge is 0.325 e. The van der Waals surface area contributed by atoms with Gasteiger partial charge >= 0.3 is 0 Å². The summed E-state index contributed by atoms with van der Waals surface area (Å²) in [4.78, 5) is 25.2. The number of ketones is 1. The average molecular weight is 293 g/mol. The fourth-order valence-electron chi connectivity index (χ4n) is 3.36. The number of carbonyl (C=O) groups excluding carboxylic acids is 2. The Morgan fingerprint density at radius 1 is 1.05 bits per heavy atom. The van der Waals surface area contributed by atoms with E-state index in [0.717, 1.165) is 11.3 Å². The van der Waals surface area contributed by atoms with Gasteiger partial charge in [-0.15, -0.1) is 0 Å². The first-order valence-corrected chi connectivity index (χ1v) is 7.59. The Morgan fingerprint density at radius 3 is 2.18 bits per heavy atom. The van der Waals surface area contributed by atoms with Gasteiger partial charge in [0.2, 0.25) is 5.91 Å². The molecule has 3 nitrogen and oxygen atoms in total. The van der Waals surface area contributed by atoms with Crippen LogP contribution in [0.25, 0.3) is 0 Å². The molecule has 1 amide bonds. The van der Waals surface area contributed by atoms with Crippen molar-refractivity contribution in [2.45, 2.75) is 25.2 Å². The van der Waals surface area contributed by atoms with Crippen molar-refractivity contribution in [1.29, 1.82) is 0 Å². The molecule has 3 heteroatoms. The Labute approximate surface area is 130 Å². The number of anilines is 1. The van der Waals surface area contributed by atoms with Crippen molar-refractivity contribution in [3.63, 3.8) is 0 Å². The van der Waals surface area contributed by atoms with E-state index in [1.165, 1.54) is 0 Å². The fraction of sp³-hybridized carbons (Fsp3) is 0.263. The van der Waals surface area contributed by atoms with Crippen LogP contribution in [0.15, 0.2) is 60.7 Å². The number of benzene rings is 2. The molecule has 0 unspecified atom stereocenters. The first-order valence-electron chi connectivity index (χ1n) is 7.59. The van der Waals surface area contributed by atoms with Crippen molar-refractivity contribution in [2.24, 2.45) is 5.92 Å². The van der Waals surface area contributed by atoms with Gasteiger partial charge in [0, 0.05) is 18.0 Å². The highest BCUT2D eigenvalue weighted by molar-refractivity contribution is 6.05. The van der Waals surface area contributed by atoms with Crippen LogP contribution in [0.3, 0.4) is 0 Å². The van der Waals surface area contributed by atoms with Gasteiger partial charge < -0.3 is 5.32 Å². The summed E-state index contributed by atoms with van der Waals surface area (Å²) in [5.41, 5.74) is 0.907. The van der Waals surface area contributed by atoms with E-state index in [9.17, 15) is 9.59 Å². The Bertz CT molecular complexity index is 681. The molecule has 1 fully saturated rings. The third-order valence-corrected chi connectivity index (χ3v) is 4.71. The van der Waals surface area contributed by atoms with E-state index in [0.29, 0.717) is 12.8 Å². The average Bonchev–Trinajstić information content (AvgIpc) is 2.86. The zero-order valence-corrected chi connectivity index (χ0v) is 12.6. The van der Waals surface area contributed by atoms with E-state index in [1.54, 1.807) is 0 Å². The Balaban J connectivity index is 2.00. The lowest BCUT2D eigenvalue weighted by molar-refractivity contribution is -0.127. The number of para-hydroxylation sites is 1. The third kappa shape index (κ3) is 2.33. The summed E-state index contributed by atoms with van der Waals surface area (Å²) in [7, 11) is 0. The van der Waals surface area contributed by atoms with Crippen molar-refractivity contribution < 1.29 is 9.59 Å². The Kier molecular flexibility index (Phi) is 3.80. The molecule has 0 spiro atoms. The van der Waals surface area contributed by atoms with E-state index in [2.05, 4.69) is 5.32 Å². The molecular formula is C19H19NO2. The second-order valence-electron chi connectivity index (χ2n) is 5.85. The lowest BCUT2D eigenvalue weighted by Gasteiger charge is -2.32. The number of hydrogen-bond donors (Lipinski definition) is 1. The standard InChI is InChI=1S/C19H19NO2/c1-14-17(21)12-13-19(14,15-8-4-2-5-9-15)18(22)20-16-10-6-3-7-11-16/h2-11,14H,12-13H2,1H3,(H,20,22)/t14-,19+/m1/s1. The monoisotopic (exact) mass is 293 g/mol. The third-order valence-electron chi connectivity index (χ3n) is 4.71. The smallest absolute Gasteiger partial charge is 0.235 e. The van der Waals surface area contributed by atoms with E-state index in [1.807, 2.05) is 67.6 Å². The van der Waals surface area contributed by atoms with E-state index in [-0.39, 0.29) is 17.6 Å². The van der Waals surface area contributed by atoms with Gasteiger partial charge in [0.05, 0.1) is 5.41 Å². The molecule has 0 aliphatic heterocycles. The van der Waals surface area contributed by atoms with Gasteiger partial charge in [0.25, 0.3) is 0 Å². The normalized spacial score (nSPS) is 24.2. The summed E-state index contributed by atoms with van der Waals surface area (Å²) < 4.78 is 0. The zero-order chi connectivity index (χ0) is 15.6. The first kappa shape index (κ1) is 14.5. The first-order chi connectivity index (χ1) is 10.6. The molecular weight excluding hydrogens is 274 g/mol. The Morgan fingerprint density at radius 2 is 1.64 bits per heavy atom. The maximum Gasteiger partial charge on any atom is 0.235 e. The van der Waals surface area contributed by atoms with Crippen molar-refractivity contribution in [1.82, 2.24) is 0 Å². The molecule has 2 atom stereocenters. The van der Waals surface area contributed by atoms with Crippen LogP contribution >= 0.6 is 0 Å². The maximum atomic E-state index is 13.0. The minimum atomic E-state index is -0.770. The van der Waals surface area contributed by atoms with Crippen molar-refractivity contribution >= 4 is 17.4 Å². The lowest BCUT2D eigenvalue weighted by Crippen LogP contribution is -2.43. The summed E-state index contributed by atoms with van der Waals surface area (Å²) in [6, 6.07) is 19.0. The van der Waals surface area contributed by atoms with E-state index < -0.39 is 5.41 Å². The molecule has 0 heterocycles. The second-order valence-corrected chi connectivity index (χ2v) is 5.85. The number of carbonyl (C=O) groups is 2. The molecule has 1 saturated carbocycles. The van der Waals surface area contributed by atoms with Gasteiger partial charge in [-0.25, -0.2) is 0 Å². The molecule has 3 rings (SSSR count). The minimum absolute atomic E-state index is 0.0942. The number of nitrogens with one attached hydrogen (secondary N) is 1. The highest BCUT2D eigenvalue weighted by atomic mass is 16.2.